The second kappa shape index (κ2) is 7.44. The molecule has 0 amide bonds. The number of nitrogens with zero attached hydrogens (tertiary/aromatic N) is 1. The van der Waals surface area contributed by atoms with Gasteiger partial charge in [-0.15, -0.1) is 6.42 Å². The number of alkyl halides is 1. The molecule has 0 bridgehead atoms. The van der Waals surface area contributed by atoms with Gasteiger partial charge in [0.25, 0.3) is 11.4 Å². The number of rotatable bonds is 5. The van der Waals surface area contributed by atoms with Gasteiger partial charge in [-0.2, -0.15) is 4.39 Å². The molecule has 5 atom stereocenters. The Hall–Kier alpha value is -2.59. The third kappa shape index (κ3) is 3.45. The van der Waals surface area contributed by atoms with Crippen molar-refractivity contribution >= 4 is 5.97 Å². The molecule has 2 heterocycles. The maximum Gasteiger partial charge on any atom is 0.331 e. The van der Waals surface area contributed by atoms with Crippen LogP contribution in [0.15, 0.2) is 15.8 Å². The average Bonchev–Trinajstić information content (AvgIpc) is 2.84. The number of nitrogens with one attached hydrogen (secondary N) is 1. The summed E-state index contributed by atoms with van der Waals surface area (Å²) < 4.78 is 38.6. The largest absolute Gasteiger partial charge is 0.458 e. The van der Waals surface area contributed by atoms with E-state index in [1.54, 1.807) is 24.8 Å². The molecule has 10 nitrogen and oxygen atoms in total. The SMILES string of the molecule is C#C[C@@]1(n2cc(F)c(=O)[nH]c2=O)O[C@](F)(COC(=O)[C@@H](N)C(C)C)[C@@H](O)[C@H]1O. The summed E-state index contributed by atoms with van der Waals surface area (Å²) in [6.07, 6.45) is 0.872. The summed E-state index contributed by atoms with van der Waals surface area (Å²) in [5.41, 5.74) is 0.116. The summed E-state index contributed by atoms with van der Waals surface area (Å²) in [6, 6.07) is -1.10. The van der Waals surface area contributed by atoms with E-state index < -0.39 is 59.5 Å². The zero-order chi connectivity index (χ0) is 21.4. The molecule has 1 aromatic heterocycles. The fourth-order valence-electron chi connectivity index (χ4n) is 2.55. The number of terminal acetylenes is 1. The predicted octanol–water partition coefficient (Wildman–Crippen LogP) is -2.09. The van der Waals surface area contributed by atoms with Gasteiger partial charge in [-0.25, -0.2) is 9.18 Å². The molecule has 0 aromatic carbocycles. The van der Waals surface area contributed by atoms with Crippen LogP contribution in [0.2, 0.25) is 0 Å². The molecule has 5 N–H and O–H groups in total. The molecule has 2 rings (SSSR count). The van der Waals surface area contributed by atoms with Crippen molar-refractivity contribution in [2.45, 2.75) is 43.7 Å². The third-order valence-corrected chi connectivity index (χ3v) is 4.33. The number of esters is 1. The van der Waals surface area contributed by atoms with Crippen LogP contribution >= 0.6 is 0 Å². The van der Waals surface area contributed by atoms with Gasteiger partial charge >= 0.3 is 11.7 Å². The maximum absolute atomic E-state index is 15.1. The second-order valence-electron chi connectivity index (χ2n) is 6.60. The van der Waals surface area contributed by atoms with Crippen LogP contribution < -0.4 is 17.0 Å². The van der Waals surface area contributed by atoms with Crippen LogP contribution in [0.25, 0.3) is 0 Å². The highest BCUT2D eigenvalue weighted by Gasteiger charge is 2.65. The van der Waals surface area contributed by atoms with Crippen LogP contribution in [0, 0.1) is 24.1 Å². The number of aromatic nitrogens is 2. The Morgan fingerprint density at radius 2 is 2.11 bits per heavy atom. The van der Waals surface area contributed by atoms with Crippen LogP contribution in [0.1, 0.15) is 13.8 Å². The Kier molecular flexibility index (Phi) is 5.77. The van der Waals surface area contributed by atoms with Crippen molar-refractivity contribution in [3.8, 4) is 12.3 Å². The summed E-state index contributed by atoms with van der Waals surface area (Å²) in [5, 5.41) is 20.3. The van der Waals surface area contributed by atoms with E-state index in [4.69, 9.17) is 21.6 Å². The highest BCUT2D eigenvalue weighted by atomic mass is 19.2. The van der Waals surface area contributed by atoms with E-state index in [0.29, 0.717) is 6.20 Å². The van der Waals surface area contributed by atoms with E-state index in [1.165, 1.54) is 0 Å². The lowest BCUT2D eigenvalue weighted by atomic mass is 10.0. The highest BCUT2D eigenvalue weighted by Crippen LogP contribution is 2.42. The number of halogens is 2. The summed E-state index contributed by atoms with van der Waals surface area (Å²) in [5.74, 6) is -4.31. The summed E-state index contributed by atoms with van der Waals surface area (Å²) in [6.45, 7) is 2.00. The molecular formula is C16H19F2N3O7. The Morgan fingerprint density at radius 1 is 1.50 bits per heavy atom. The third-order valence-electron chi connectivity index (χ3n) is 4.33. The molecule has 28 heavy (non-hydrogen) atoms. The van der Waals surface area contributed by atoms with Crippen LogP contribution in [0.5, 0.6) is 0 Å². The number of ether oxygens (including phenoxy) is 2. The standard InChI is InChI=1S/C16H19F2N3O7/c1-4-16(21-5-8(17)12(24)20-14(21)26)11(23)10(22)15(18,28-16)6-27-13(25)9(19)7(2)3/h1,5,7,9-11,22-23H,6,19H2,2-3H3,(H,20,24,26)/t9-,10-,11+,15+,16+/m0/s1. The average molecular weight is 403 g/mol. The molecule has 0 saturated carbocycles. The van der Waals surface area contributed by atoms with Crippen molar-refractivity contribution < 1.29 is 33.3 Å². The van der Waals surface area contributed by atoms with E-state index in [9.17, 15) is 29.0 Å². The number of H-pyrrole nitrogens is 1. The molecule has 0 unspecified atom stereocenters. The van der Waals surface area contributed by atoms with Crippen molar-refractivity contribution in [2.24, 2.45) is 11.7 Å². The quantitative estimate of drug-likeness (QED) is 0.322. The minimum absolute atomic E-state index is 0.209. The van der Waals surface area contributed by atoms with Crippen LogP contribution in [0.3, 0.4) is 0 Å². The Balaban J connectivity index is 2.40. The zero-order valence-electron chi connectivity index (χ0n) is 14.9. The van der Waals surface area contributed by atoms with Gasteiger partial charge in [0.15, 0.2) is 6.61 Å². The fraction of sp³-hybridized carbons (Fsp3) is 0.562. The first-order chi connectivity index (χ1) is 12.9. The number of hydrogen-bond acceptors (Lipinski definition) is 8. The molecule has 0 radical (unpaired) electrons. The van der Waals surface area contributed by atoms with Crippen LogP contribution in [-0.4, -0.2) is 56.4 Å². The van der Waals surface area contributed by atoms with Crippen molar-refractivity contribution in [1.29, 1.82) is 0 Å². The van der Waals surface area contributed by atoms with Crippen LogP contribution in [-0.2, 0) is 20.0 Å². The van der Waals surface area contributed by atoms with Gasteiger partial charge in [0.2, 0.25) is 11.5 Å². The van der Waals surface area contributed by atoms with Gasteiger partial charge in [0, 0.05) is 0 Å². The molecular weight excluding hydrogens is 384 g/mol. The van der Waals surface area contributed by atoms with Crippen molar-refractivity contribution in [2.75, 3.05) is 6.61 Å². The van der Waals surface area contributed by atoms with E-state index in [1.807, 2.05) is 0 Å². The minimum atomic E-state index is -3.26. The Morgan fingerprint density at radius 3 is 2.64 bits per heavy atom. The Labute approximate surface area is 156 Å². The van der Waals surface area contributed by atoms with Gasteiger partial charge in [-0.3, -0.25) is 23.9 Å². The molecule has 1 aliphatic rings. The number of aliphatic hydroxyl groups excluding tert-OH is 2. The van der Waals surface area contributed by atoms with E-state index >= 15 is 4.39 Å². The first kappa shape index (κ1) is 21.7. The Bertz CT molecular complexity index is 924. The predicted molar refractivity (Wildman–Crippen MR) is 88.8 cm³/mol. The van der Waals surface area contributed by atoms with Crippen molar-refractivity contribution in [3.63, 3.8) is 0 Å². The number of aliphatic hydroxyl groups is 2. The van der Waals surface area contributed by atoms with E-state index in [0.717, 1.165) is 0 Å². The first-order valence-corrected chi connectivity index (χ1v) is 8.06. The lowest BCUT2D eigenvalue weighted by molar-refractivity contribution is -0.234. The van der Waals surface area contributed by atoms with E-state index in [-0.39, 0.29) is 10.5 Å². The van der Waals surface area contributed by atoms with E-state index in [2.05, 4.69) is 0 Å². The molecule has 1 fully saturated rings. The van der Waals surface area contributed by atoms with Crippen molar-refractivity contribution in [1.82, 2.24) is 9.55 Å². The molecule has 1 aromatic rings. The number of nitrogens with two attached hydrogens (primary N) is 1. The normalized spacial score (nSPS) is 30.8. The number of carbonyl (C=O) groups excluding carboxylic acids is 1. The van der Waals surface area contributed by atoms with Gasteiger partial charge in [-0.1, -0.05) is 13.8 Å². The number of aromatic amines is 1. The van der Waals surface area contributed by atoms with Gasteiger partial charge in [-0.05, 0) is 11.8 Å². The van der Waals surface area contributed by atoms with Crippen LogP contribution in [0.4, 0.5) is 8.78 Å². The molecule has 1 saturated heterocycles. The molecule has 0 aliphatic carbocycles. The monoisotopic (exact) mass is 403 g/mol. The molecule has 0 spiro atoms. The fourth-order valence-corrected chi connectivity index (χ4v) is 2.55. The lowest BCUT2D eigenvalue weighted by Crippen LogP contribution is -2.51. The summed E-state index contributed by atoms with van der Waals surface area (Å²) in [4.78, 5) is 36.5. The number of carbonyl (C=O) groups is 1. The summed E-state index contributed by atoms with van der Waals surface area (Å²) in [7, 11) is 0. The number of hydrogen-bond donors (Lipinski definition) is 4. The van der Waals surface area contributed by atoms with Gasteiger partial charge < -0.3 is 20.7 Å². The van der Waals surface area contributed by atoms with Gasteiger partial charge in [0.05, 0.1) is 6.20 Å². The molecule has 154 valence electrons. The summed E-state index contributed by atoms with van der Waals surface area (Å²) >= 11 is 0. The minimum Gasteiger partial charge on any atom is -0.458 e. The van der Waals surface area contributed by atoms with Gasteiger partial charge in [0.1, 0.15) is 18.2 Å². The topological polar surface area (TPSA) is 157 Å². The first-order valence-electron chi connectivity index (χ1n) is 8.06. The van der Waals surface area contributed by atoms with Crippen molar-refractivity contribution in [3.05, 3.63) is 32.9 Å². The highest BCUT2D eigenvalue weighted by molar-refractivity contribution is 5.75. The molecule has 1 aliphatic heterocycles. The maximum atomic E-state index is 15.1. The second-order valence-corrected chi connectivity index (χ2v) is 6.60. The zero-order valence-corrected chi connectivity index (χ0v) is 14.9. The smallest absolute Gasteiger partial charge is 0.331 e. The lowest BCUT2D eigenvalue weighted by Gasteiger charge is -2.28. The molecule has 12 heteroatoms.